The van der Waals surface area contributed by atoms with Crippen LogP contribution < -0.4 is 0 Å². The van der Waals surface area contributed by atoms with Crippen LogP contribution in [0.2, 0.25) is 0 Å². The molecule has 7 nitrogen and oxygen atoms in total. The van der Waals surface area contributed by atoms with Crippen LogP contribution in [-0.2, 0) is 25.5 Å². The van der Waals surface area contributed by atoms with E-state index in [-0.39, 0.29) is 12.8 Å². The molecule has 1 N–H and O–H groups in total. The molecule has 0 radical (unpaired) electrons. The zero-order valence-corrected chi connectivity index (χ0v) is 22.1. The molecule has 1 amide bonds. The van der Waals surface area contributed by atoms with Gasteiger partial charge in [-0.05, 0) is 62.3 Å². The molecule has 36 heavy (non-hydrogen) atoms. The summed E-state index contributed by atoms with van der Waals surface area (Å²) in [6.07, 6.45) is 2.78. The lowest BCUT2D eigenvalue weighted by Gasteiger charge is -2.31. The number of carboxylic acids is 1. The number of rotatable bonds is 9. The highest BCUT2D eigenvalue weighted by atomic mass is 16.6. The number of nitrogens with zero attached hydrogens (tertiary/aromatic N) is 1. The second-order valence-electron chi connectivity index (χ2n) is 9.84. The van der Waals surface area contributed by atoms with Crippen molar-refractivity contribution in [1.82, 2.24) is 4.90 Å². The normalized spacial score (nSPS) is 12.4. The maximum atomic E-state index is 12.4. The van der Waals surface area contributed by atoms with E-state index >= 15 is 0 Å². The summed E-state index contributed by atoms with van der Waals surface area (Å²) < 4.78 is 10.1. The van der Waals surface area contributed by atoms with E-state index in [1.165, 1.54) is 34.3 Å². The first-order valence-electron chi connectivity index (χ1n) is 12.5. The maximum absolute atomic E-state index is 12.4. The zero-order valence-electron chi connectivity index (χ0n) is 22.1. The van der Waals surface area contributed by atoms with Crippen LogP contribution in [0.25, 0.3) is 11.1 Å². The molecule has 1 aliphatic rings. The third-order valence-electron chi connectivity index (χ3n) is 5.80. The van der Waals surface area contributed by atoms with Crippen molar-refractivity contribution in [2.75, 3.05) is 13.7 Å². The van der Waals surface area contributed by atoms with Crippen LogP contribution in [-0.4, -0.2) is 53.3 Å². The average Bonchev–Trinajstić information content (AvgIpc) is 3.20. The molecule has 7 heteroatoms. The number of hydrogen-bond acceptors (Lipinski definition) is 5. The smallest absolute Gasteiger partial charge is 0.410 e. The lowest BCUT2D eigenvalue weighted by atomic mass is 10.1. The summed E-state index contributed by atoms with van der Waals surface area (Å²) in [4.78, 5) is 36.5. The highest BCUT2D eigenvalue weighted by Crippen LogP contribution is 2.35. The van der Waals surface area contributed by atoms with E-state index in [2.05, 4.69) is 48.5 Å². The summed E-state index contributed by atoms with van der Waals surface area (Å²) >= 11 is 0. The molecule has 0 saturated heterocycles. The van der Waals surface area contributed by atoms with Gasteiger partial charge >= 0.3 is 18.0 Å². The van der Waals surface area contributed by atoms with E-state index in [1.54, 1.807) is 20.8 Å². The number of carboxylic acid groups (broad SMARTS) is 1. The van der Waals surface area contributed by atoms with E-state index in [9.17, 15) is 14.4 Å². The van der Waals surface area contributed by atoms with Gasteiger partial charge < -0.3 is 14.6 Å². The number of hydrogen-bond donors (Lipinski definition) is 1. The number of benzene rings is 2. The van der Waals surface area contributed by atoms with Gasteiger partial charge in [0.25, 0.3) is 0 Å². The minimum Gasteiger partial charge on any atom is -0.481 e. The van der Waals surface area contributed by atoms with Crippen molar-refractivity contribution in [3.63, 3.8) is 0 Å². The number of methoxy groups -OCH3 is 1. The highest BCUT2D eigenvalue weighted by molar-refractivity contribution is 5.82. The molecule has 3 rings (SSSR count). The Hall–Kier alpha value is -3.35. The van der Waals surface area contributed by atoms with Crippen LogP contribution in [0.5, 0.6) is 0 Å². The fourth-order valence-electron chi connectivity index (χ4n) is 4.13. The first-order valence-corrected chi connectivity index (χ1v) is 12.5. The van der Waals surface area contributed by atoms with Gasteiger partial charge in [0, 0.05) is 13.0 Å². The molecule has 0 heterocycles. The Morgan fingerprint density at radius 2 is 1.53 bits per heavy atom. The van der Waals surface area contributed by atoms with Crippen LogP contribution in [0.4, 0.5) is 4.79 Å². The number of esters is 1. The van der Waals surface area contributed by atoms with Crippen molar-refractivity contribution >= 4 is 18.0 Å². The summed E-state index contributed by atoms with van der Waals surface area (Å²) in [5, 5.41) is 8.88. The van der Waals surface area contributed by atoms with Gasteiger partial charge in [-0.15, -0.1) is 0 Å². The van der Waals surface area contributed by atoms with Crippen molar-refractivity contribution in [1.29, 1.82) is 0 Å². The SMILES string of the molecule is CCCCCN(C(=O)OC)C(CCC(=O)O)C(=O)OC(C)(C)C.c1ccc2c(c1)Cc1ccccc1-2. The van der Waals surface area contributed by atoms with Crippen molar-refractivity contribution in [2.45, 2.75) is 77.9 Å². The van der Waals surface area contributed by atoms with Crippen molar-refractivity contribution in [2.24, 2.45) is 0 Å². The van der Waals surface area contributed by atoms with Crippen LogP contribution >= 0.6 is 0 Å². The van der Waals surface area contributed by atoms with Gasteiger partial charge in [-0.1, -0.05) is 68.3 Å². The quantitative estimate of drug-likeness (QED) is 0.285. The third kappa shape index (κ3) is 8.70. The first kappa shape index (κ1) is 28.9. The molecule has 2 aromatic rings. The molecule has 0 aliphatic heterocycles. The van der Waals surface area contributed by atoms with E-state index in [0.29, 0.717) is 13.0 Å². The fourth-order valence-corrected chi connectivity index (χ4v) is 4.13. The number of amides is 1. The van der Waals surface area contributed by atoms with Gasteiger partial charge in [0.1, 0.15) is 11.6 Å². The minimum absolute atomic E-state index is 0.00846. The molecule has 196 valence electrons. The van der Waals surface area contributed by atoms with E-state index in [0.717, 1.165) is 19.3 Å². The van der Waals surface area contributed by atoms with E-state index in [4.69, 9.17) is 14.6 Å². The Morgan fingerprint density at radius 1 is 0.972 bits per heavy atom. The van der Waals surface area contributed by atoms with Crippen LogP contribution in [0.1, 0.15) is 70.9 Å². The molecule has 2 aromatic carbocycles. The zero-order chi connectivity index (χ0) is 26.7. The van der Waals surface area contributed by atoms with Gasteiger partial charge in [0.2, 0.25) is 0 Å². The van der Waals surface area contributed by atoms with Crippen LogP contribution in [0.15, 0.2) is 48.5 Å². The van der Waals surface area contributed by atoms with Crippen molar-refractivity contribution in [3.8, 4) is 11.1 Å². The fraction of sp³-hybridized carbons (Fsp3) is 0.483. The average molecular weight is 498 g/mol. The van der Waals surface area contributed by atoms with Crippen molar-refractivity contribution in [3.05, 3.63) is 59.7 Å². The molecule has 1 aliphatic carbocycles. The lowest BCUT2D eigenvalue weighted by molar-refractivity contribution is -0.161. The topological polar surface area (TPSA) is 93.1 Å². The van der Waals surface area contributed by atoms with E-state index in [1.807, 2.05) is 6.92 Å². The molecule has 1 atom stereocenters. The maximum Gasteiger partial charge on any atom is 0.410 e. The largest absolute Gasteiger partial charge is 0.481 e. The number of ether oxygens (including phenoxy) is 2. The Bertz CT molecular complexity index is 983. The lowest BCUT2D eigenvalue weighted by Crippen LogP contribution is -2.48. The summed E-state index contributed by atoms with van der Waals surface area (Å²) in [6.45, 7) is 7.51. The van der Waals surface area contributed by atoms with Gasteiger partial charge in [-0.3, -0.25) is 9.69 Å². The van der Waals surface area contributed by atoms with Crippen molar-refractivity contribution < 1.29 is 29.0 Å². The molecule has 0 bridgehead atoms. The van der Waals surface area contributed by atoms with Gasteiger partial charge in [-0.2, -0.15) is 0 Å². The standard InChI is InChI=1S/C16H29NO6.C13H10/c1-6-7-8-11-17(15(21)22-5)12(9-10-13(18)19)14(20)23-16(2,3)4;1-3-7-12-10(5-1)9-11-6-2-4-8-13(11)12/h12H,6-11H2,1-5H3,(H,18,19);1-8H,9H2. The van der Waals surface area contributed by atoms with Crippen LogP contribution in [0.3, 0.4) is 0 Å². The number of carbonyl (C=O) groups is 3. The molecule has 0 saturated carbocycles. The Labute approximate surface area is 214 Å². The second-order valence-corrected chi connectivity index (χ2v) is 9.84. The Kier molecular flexibility index (Phi) is 11.0. The summed E-state index contributed by atoms with van der Waals surface area (Å²) in [6, 6.07) is 16.3. The van der Waals surface area contributed by atoms with Gasteiger partial charge in [0.15, 0.2) is 0 Å². The van der Waals surface area contributed by atoms with E-state index < -0.39 is 29.7 Å². The summed E-state index contributed by atoms with van der Waals surface area (Å²) in [5.74, 6) is -1.64. The number of unbranched alkanes of at least 4 members (excludes halogenated alkanes) is 2. The van der Waals surface area contributed by atoms with Gasteiger partial charge in [-0.25, -0.2) is 9.59 Å². The van der Waals surface area contributed by atoms with Crippen LogP contribution in [0, 0.1) is 0 Å². The highest BCUT2D eigenvalue weighted by Gasteiger charge is 2.34. The first-order chi connectivity index (χ1) is 17.1. The Balaban J connectivity index is 0.000000289. The molecule has 1 unspecified atom stereocenters. The molecule has 0 fully saturated rings. The third-order valence-corrected chi connectivity index (χ3v) is 5.80. The number of fused-ring (bicyclic) bond motifs is 3. The second kappa shape index (κ2) is 13.7. The summed E-state index contributed by atoms with van der Waals surface area (Å²) in [5.41, 5.74) is 5.03. The van der Waals surface area contributed by atoms with Gasteiger partial charge in [0.05, 0.1) is 7.11 Å². The summed E-state index contributed by atoms with van der Waals surface area (Å²) in [7, 11) is 1.23. The Morgan fingerprint density at radius 3 is 2.00 bits per heavy atom. The monoisotopic (exact) mass is 497 g/mol. The predicted octanol–water partition coefficient (Wildman–Crippen LogP) is 6.08. The molecule has 0 spiro atoms. The number of aliphatic carboxylic acids is 1. The molecular weight excluding hydrogens is 458 g/mol. The number of carbonyl (C=O) groups excluding carboxylic acids is 2. The minimum atomic E-state index is -1.03. The molecular formula is C29H39NO6. The predicted molar refractivity (Wildman–Crippen MR) is 140 cm³/mol. The molecule has 0 aromatic heterocycles.